The molecule has 0 aliphatic carbocycles. The topological polar surface area (TPSA) is 81.3 Å². The summed E-state index contributed by atoms with van der Waals surface area (Å²) in [6.07, 6.45) is -3.35. The van der Waals surface area contributed by atoms with Crippen LogP contribution in [-0.4, -0.2) is 25.3 Å². The summed E-state index contributed by atoms with van der Waals surface area (Å²) in [6.45, 7) is -0.559. The number of hydrogen-bond acceptors (Lipinski definition) is 4. The first-order valence-corrected chi connectivity index (χ1v) is 10.2. The summed E-state index contributed by atoms with van der Waals surface area (Å²) >= 11 is 0. The predicted octanol–water partition coefficient (Wildman–Crippen LogP) is 4.37. The van der Waals surface area contributed by atoms with Crippen molar-refractivity contribution in [2.45, 2.75) is 12.7 Å². The lowest BCUT2D eigenvalue weighted by Crippen LogP contribution is -2.31. The molecule has 7 nitrogen and oxygen atoms in total. The molecule has 0 saturated carbocycles. The number of fused-ring (bicyclic) bond motifs is 2. The SMILES string of the molecule is O=C(Cn1ncn2nc(-c3cccc4ccccc34)cc2c1=O)Nc1ccccc1C(F)(F)F. The van der Waals surface area contributed by atoms with Gasteiger partial charge < -0.3 is 5.32 Å². The van der Waals surface area contributed by atoms with Gasteiger partial charge in [0.1, 0.15) is 18.4 Å². The maximum Gasteiger partial charge on any atom is 0.418 e. The first-order chi connectivity index (χ1) is 16.3. The molecule has 170 valence electrons. The van der Waals surface area contributed by atoms with E-state index < -0.39 is 35.4 Å². The second-order valence-corrected chi connectivity index (χ2v) is 7.57. The summed E-state index contributed by atoms with van der Waals surface area (Å²) in [6, 6.07) is 19.7. The van der Waals surface area contributed by atoms with Crippen LogP contribution in [0.25, 0.3) is 27.5 Å². The first-order valence-electron chi connectivity index (χ1n) is 10.2. The number of nitrogens with one attached hydrogen (secondary N) is 1. The molecule has 5 aromatic rings. The Kier molecular flexibility index (Phi) is 5.12. The third-order valence-corrected chi connectivity index (χ3v) is 5.36. The second-order valence-electron chi connectivity index (χ2n) is 7.57. The van der Waals surface area contributed by atoms with Crippen LogP contribution in [0.3, 0.4) is 0 Å². The highest BCUT2D eigenvalue weighted by atomic mass is 19.4. The Balaban J connectivity index is 1.46. The van der Waals surface area contributed by atoms with Gasteiger partial charge in [0, 0.05) is 5.56 Å². The van der Waals surface area contributed by atoms with E-state index in [4.69, 9.17) is 0 Å². The fraction of sp³-hybridized carbons (Fsp3) is 0.0833. The van der Waals surface area contributed by atoms with E-state index >= 15 is 0 Å². The summed E-state index contributed by atoms with van der Waals surface area (Å²) in [5.41, 5.74) is -0.403. The van der Waals surface area contributed by atoms with Gasteiger partial charge in [-0.25, -0.2) is 9.20 Å². The molecule has 0 unspecified atom stereocenters. The van der Waals surface area contributed by atoms with Gasteiger partial charge in [-0.3, -0.25) is 9.59 Å². The Morgan fingerprint density at radius 1 is 0.971 bits per heavy atom. The second kappa shape index (κ2) is 8.14. The molecule has 0 atom stereocenters. The fourth-order valence-corrected chi connectivity index (χ4v) is 3.80. The van der Waals surface area contributed by atoms with Gasteiger partial charge in [0.2, 0.25) is 5.91 Å². The van der Waals surface area contributed by atoms with Crippen LogP contribution in [-0.2, 0) is 17.5 Å². The van der Waals surface area contributed by atoms with Gasteiger partial charge >= 0.3 is 6.18 Å². The average molecular weight is 463 g/mol. The van der Waals surface area contributed by atoms with Crippen LogP contribution in [0.15, 0.2) is 83.9 Å². The number of rotatable bonds is 4. The molecule has 1 N–H and O–H groups in total. The molecule has 2 aromatic heterocycles. The van der Waals surface area contributed by atoms with Crippen LogP contribution in [0.4, 0.5) is 18.9 Å². The lowest BCUT2D eigenvalue weighted by atomic mass is 10.0. The van der Waals surface area contributed by atoms with Gasteiger partial charge in [-0.05, 0) is 29.0 Å². The minimum atomic E-state index is -4.63. The van der Waals surface area contributed by atoms with Crippen LogP contribution in [0, 0.1) is 0 Å². The summed E-state index contributed by atoms with van der Waals surface area (Å²) in [5.74, 6) is -0.815. The van der Waals surface area contributed by atoms with Crippen molar-refractivity contribution in [2.24, 2.45) is 0 Å². The van der Waals surface area contributed by atoms with Crippen LogP contribution < -0.4 is 10.9 Å². The smallest absolute Gasteiger partial charge is 0.324 e. The zero-order valence-electron chi connectivity index (χ0n) is 17.5. The summed E-state index contributed by atoms with van der Waals surface area (Å²) in [7, 11) is 0. The normalized spacial score (nSPS) is 11.7. The van der Waals surface area contributed by atoms with Crippen LogP contribution in [0.2, 0.25) is 0 Å². The molecule has 0 fully saturated rings. The van der Waals surface area contributed by atoms with Gasteiger partial charge in [0.15, 0.2) is 0 Å². The molecule has 10 heteroatoms. The Labute approximate surface area is 190 Å². The van der Waals surface area contributed by atoms with E-state index in [1.54, 1.807) is 6.07 Å². The van der Waals surface area contributed by atoms with E-state index in [9.17, 15) is 22.8 Å². The van der Waals surface area contributed by atoms with E-state index in [0.717, 1.165) is 33.2 Å². The number of carbonyl (C=O) groups is 1. The number of aromatic nitrogens is 4. The number of carbonyl (C=O) groups excluding carboxylic acids is 1. The number of para-hydroxylation sites is 1. The highest BCUT2D eigenvalue weighted by Crippen LogP contribution is 2.34. The third kappa shape index (κ3) is 3.90. The highest BCUT2D eigenvalue weighted by molar-refractivity contribution is 5.96. The number of nitrogens with zero attached hydrogens (tertiary/aromatic N) is 4. The van der Waals surface area contributed by atoms with Gasteiger partial charge in [0.05, 0.1) is 16.9 Å². The minimum Gasteiger partial charge on any atom is -0.324 e. The molecule has 0 saturated heterocycles. The van der Waals surface area contributed by atoms with E-state index in [2.05, 4.69) is 15.5 Å². The largest absolute Gasteiger partial charge is 0.418 e. The van der Waals surface area contributed by atoms with Gasteiger partial charge in [0.25, 0.3) is 5.56 Å². The highest BCUT2D eigenvalue weighted by Gasteiger charge is 2.33. The number of benzene rings is 3. The van der Waals surface area contributed by atoms with Gasteiger partial charge in [-0.1, -0.05) is 54.6 Å². The van der Waals surface area contributed by atoms with Crippen molar-refractivity contribution in [3.05, 3.63) is 95.0 Å². The van der Waals surface area contributed by atoms with Crippen LogP contribution >= 0.6 is 0 Å². The molecule has 0 bridgehead atoms. The lowest BCUT2D eigenvalue weighted by molar-refractivity contribution is -0.137. The molecule has 0 aliphatic heterocycles. The zero-order valence-corrected chi connectivity index (χ0v) is 17.5. The van der Waals surface area contributed by atoms with Crippen LogP contribution in [0.1, 0.15) is 5.56 Å². The van der Waals surface area contributed by atoms with E-state index in [-0.39, 0.29) is 5.52 Å². The molecule has 5 rings (SSSR count). The molecular weight excluding hydrogens is 447 g/mol. The van der Waals surface area contributed by atoms with E-state index in [1.165, 1.54) is 23.0 Å². The van der Waals surface area contributed by atoms with Gasteiger partial charge in [-0.15, -0.1) is 0 Å². The summed E-state index contributed by atoms with van der Waals surface area (Å²) in [4.78, 5) is 25.4. The molecule has 0 aliphatic rings. The standard InChI is InChI=1S/C24H16F3N5O2/c25-24(26,27)18-10-3-4-11-19(18)29-22(33)13-31-23(34)21-12-20(30-32(21)14-28-31)17-9-5-7-15-6-1-2-8-16(15)17/h1-12,14H,13H2,(H,29,33). The van der Waals surface area contributed by atoms with Crippen molar-refractivity contribution < 1.29 is 18.0 Å². The average Bonchev–Trinajstić information content (AvgIpc) is 3.25. The minimum absolute atomic E-state index is 0.182. The zero-order chi connectivity index (χ0) is 23.9. The molecule has 2 heterocycles. The molecule has 0 spiro atoms. The number of amides is 1. The lowest BCUT2D eigenvalue weighted by Gasteiger charge is -2.13. The van der Waals surface area contributed by atoms with E-state index in [0.29, 0.717) is 5.69 Å². The summed E-state index contributed by atoms with van der Waals surface area (Å²) < 4.78 is 41.7. The van der Waals surface area contributed by atoms with Gasteiger partial charge in [-0.2, -0.15) is 23.4 Å². The van der Waals surface area contributed by atoms with Crippen molar-refractivity contribution >= 4 is 27.9 Å². The van der Waals surface area contributed by atoms with Crippen molar-refractivity contribution in [1.82, 2.24) is 19.4 Å². The predicted molar refractivity (Wildman–Crippen MR) is 120 cm³/mol. The molecule has 1 amide bonds. The van der Waals surface area contributed by atoms with Crippen LogP contribution in [0.5, 0.6) is 0 Å². The first kappa shape index (κ1) is 21.4. The number of hydrogen-bond donors (Lipinski definition) is 1. The Bertz CT molecular complexity index is 1600. The molecular formula is C24H16F3N5O2. The van der Waals surface area contributed by atoms with Crippen molar-refractivity contribution in [3.63, 3.8) is 0 Å². The fourth-order valence-electron chi connectivity index (χ4n) is 3.80. The Morgan fingerprint density at radius 3 is 2.53 bits per heavy atom. The maximum absolute atomic E-state index is 13.2. The molecule has 0 radical (unpaired) electrons. The van der Waals surface area contributed by atoms with Crippen molar-refractivity contribution in [3.8, 4) is 11.3 Å². The number of anilines is 1. The van der Waals surface area contributed by atoms with E-state index in [1.807, 2.05) is 42.5 Å². The van der Waals surface area contributed by atoms with Crippen molar-refractivity contribution in [1.29, 1.82) is 0 Å². The quantitative estimate of drug-likeness (QED) is 0.429. The number of alkyl halides is 3. The van der Waals surface area contributed by atoms with Crippen molar-refractivity contribution in [2.75, 3.05) is 5.32 Å². The third-order valence-electron chi connectivity index (χ3n) is 5.36. The molecule has 3 aromatic carbocycles. The number of halogens is 3. The Hall–Kier alpha value is -4.47. The maximum atomic E-state index is 13.2. The summed E-state index contributed by atoms with van der Waals surface area (Å²) in [5, 5.41) is 12.6. The monoisotopic (exact) mass is 463 g/mol. The Morgan fingerprint density at radius 2 is 1.71 bits per heavy atom. The molecule has 34 heavy (non-hydrogen) atoms.